The Balaban J connectivity index is 2.66. The van der Waals surface area contributed by atoms with Crippen molar-refractivity contribution in [3.63, 3.8) is 0 Å². The molecule has 0 saturated heterocycles. The summed E-state index contributed by atoms with van der Waals surface area (Å²) in [4.78, 5) is 15.4. The number of hydrogen-bond acceptors (Lipinski definition) is 3. The van der Waals surface area contributed by atoms with Crippen LogP contribution in [0.5, 0.6) is 0 Å². The predicted octanol–water partition coefficient (Wildman–Crippen LogP) is 2.47. The Kier molecular flexibility index (Phi) is 2.56. The van der Waals surface area contributed by atoms with Crippen LogP contribution in [0.3, 0.4) is 0 Å². The molecular weight excluding hydrogens is 209 g/mol. The van der Waals surface area contributed by atoms with E-state index in [9.17, 15) is 9.18 Å². The molecule has 0 atom stereocenters. The van der Waals surface area contributed by atoms with Crippen LogP contribution in [0.25, 0.3) is 10.9 Å². The highest BCUT2D eigenvalue weighted by Gasteiger charge is 2.09. The Morgan fingerprint density at radius 3 is 2.81 bits per heavy atom. The van der Waals surface area contributed by atoms with E-state index >= 15 is 0 Å². The van der Waals surface area contributed by atoms with Crippen LogP contribution in [0.1, 0.15) is 16.1 Å². The van der Waals surface area contributed by atoms with Crippen LogP contribution < -0.4 is 0 Å². The summed E-state index contributed by atoms with van der Waals surface area (Å²) in [7, 11) is 1.30. The number of halogens is 1. The highest BCUT2D eigenvalue weighted by atomic mass is 19.1. The lowest BCUT2D eigenvalue weighted by Crippen LogP contribution is -2.04. The van der Waals surface area contributed by atoms with Crippen molar-refractivity contribution in [2.75, 3.05) is 7.11 Å². The largest absolute Gasteiger partial charge is 0.464 e. The summed E-state index contributed by atoms with van der Waals surface area (Å²) in [5, 5.41) is 0.671. The van der Waals surface area contributed by atoms with Gasteiger partial charge in [-0.1, -0.05) is 6.07 Å². The zero-order chi connectivity index (χ0) is 11.7. The number of benzene rings is 1. The summed E-state index contributed by atoms with van der Waals surface area (Å²) < 4.78 is 17.7. The van der Waals surface area contributed by atoms with Gasteiger partial charge in [0, 0.05) is 5.39 Å². The minimum absolute atomic E-state index is 0.227. The van der Waals surface area contributed by atoms with Crippen LogP contribution in [0, 0.1) is 12.7 Å². The van der Waals surface area contributed by atoms with E-state index in [1.807, 2.05) is 0 Å². The van der Waals surface area contributed by atoms with Gasteiger partial charge >= 0.3 is 5.97 Å². The number of fused-ring (bicyclic) bond motifs is 1. The van der Waals surface area contributed by atoms with E-state index in [2.05, 4.69) is 9.72 Å². The number of esters is 1. The lowest BCUT2D eigenvalue weighted by atomic mass is 10.1. The first kappa shape index (κ1) is 10.5. The van der Waals surface area contributed by atoms with Crippen LogP contribution in [-0.4, -0.2) is 18.1 Å². The molecule has 82 valence electrons. The van der Waals surface area contributed by atoms with Gasteiger partial charge in [0.1, 0.15) is 11.5 Å². The molecule has 1 heterocycles. The molecule has 4 heteroatoms. The number of pyridine rings is 1. The van der Waals surface area contributed by atoms with Gasteiger partial charge in [-0.25, -0.2) is 14.2 Å². The molecule has 1 aromatic carbocycles. The maximum Gasteiger partial charge on any atom is 0.356 e. The number of carbonyl (C=O) groups is 1. The van der Waals surface area contributed by atoms with E-state index < -0.39 is 5.97 Å². The first-order valence-corrected chi connectivity index (χ1v) is 4.77. The maximum absolute atomic E-state index is 13.1. The number of nitrogens with zero attached hydrogens (tertiary/aromatic N) is 1. The van der Waals surface area contributed by atoms with Gasteiger partial charge in [0.25, 0.3) is 0 Å². The number of hydrogen-bond donors (Lipinski definition) is 0. The van der Waals surface area contributed by atoms with Crippen molar-refractivity contribution in [3.8, 4) is 0 Å². The van der Waals surface area contributed by atoms with Crippen LogP contribution in [0.4, 0.5) is 4.39 Å². The van der Waals surface area contributed by atoms with Crippen LogP contribution in [-0.2, 0) is 4.74 Å². The third kappa shape index (κ3) is 1.74. The summed E-state index contributed by atoms with van der Waals surface area (Å²) in [6.45, 7) is 1.75. The molecule has 0 spiro atoms. The molecule has 0 radical (unpaired) electrons. The Morgan fingerprint density at radius 2 is 2.12 bits per heavy atom. The van der Waals surface area contributed by atoms with E-state index in [0.717, 1.165) is 0 Å². The van der Waals surface area contributed by atoms with Gasteiger partial charge in [-0.05, 0) is 30.7 Å². The van der Waals surface area contributed by atoms with Gasteiger partial charge in [0.05, 0.1) is 12.6 Å². The smallest absolute Gasteiger partial charge is 0.356 e. The second kappa shape index (κ2) is 3.89. The van der Waals surface area contributed by atoms with Gasteiger partial charge in [-0.2, -0.15) is 0 Å². The monoisotopic (exact) mass is 219 g/mol. The Bertz CT molecular complexity index is 566. The second-order valence-electron chi connectivity index (χ2n) is 3.48. The number of methoxy groups -OCH3 is 1. The van der Waals surface area contributed by atoms with E-state index in [1.54, 1.807) is 13.0 Å². The lowest BCUT2D eigenvalue weighted by molar-refractivity contribution is 0.0594. The van der Waals surface area contributed by atoms with Gasteiger partial charge in [-0.3, -0.25) is 0 Å². The summed E-state index contributed by atoms with van der Waals surface area (Å²) in [5.41, 5.74) is 1.54. The van der Waals surface area contributed by atoms with Gasteiger partial charge in [0.2, 0.25) is 0 Å². The summed E-state index contributed by atoms with van der Waals surface area (Å²) >= 11 is 0. The minimum Gasteiger partial charge on any atom is -0.464 e. The number of aromatic nitrogens is 1. The third-order valence-corrected chi connectivity index (χ3v) is 2.34. The van der Waals surface area contributed by atoms with E-state index in [-0.39, 0.29) is 11.5 Å². The standard InChI is InChI=1S/C12H10FNO2/c1-7-5-9(13)6-8-3-4-10(12(15)16-2)14-11(7)8/h3-6H,1-2H3. The third-order valence-electron chi connectivity index (χ3n) is 2.34. The quantitative estimate of drug-likeness (QED) is 0.691. The van der Waals surface area contributed by atoms with Crippen molar-refractivity contribution in [1.29, 1.82) is 0 Å². The number of carbonyl (C=O) groups excluding carboxylic acids is 1. The molecule has 0 bridgehead atoms. The van der Waals surface area contributed by atoms with E-state index in [0.29, 0.717) is 16.5 Å². The molecule has 0 N–H and O–H groups in total. The molecule has 0 aliphatic rings. The highest BCUT2D eigenvalue weighted by Crippen LogP contribution is 2.18. The topological polar surface area (TPSA) is 39.2 Å². The van der Waals surface area contributed by atoms with Crippen LogP contribution in [0.15, 0.2) is 24.3 Å². The SMILES string of the molecule is COC(=O)c1ccc2cc(F)cc(C)c2n1. The Hall–Kier alpha value is -1.97. The first-order chi connectivity index (χ1) is 7.61. The molecule has 0 saturated carbocycles. The first-order valence-electron chi connectivity index (χ1n) is 4.77. The van der Waals surface area contributed by atoms with Crippen molar-refractivity contribution in [3.05, 3.63) is 41.3 Å². The minimum atomic E-state index is -0.495. The Morgan fingerprint density at radius 1 is 1.38 bits per heavy atom. The zero-order valence-corrected chi connectivity index (χ0v) is 8.95. The summed E-state index contributed by atoms with van der Waals surface area (Å²) in [6.07, 6.45) is 0. The molecule has 0 fully saturated rings. The van der Waals surface area contributed by atoms with E-state index in [4.69, 9.17) is 0 Å². The molecule has 3 nitrogen and oxygen atoms in total. The molecule has 2 rings (SSSR count). The molecule has 16 heavy (non-hydrogen) atoms. The van der Waals surface area contributed by atoms with Gasteiger partial charge in [-0.15, -0.1) is 0 Å². The van der Waals surface area contributed by atoms with Crippen molar-refractivity contribution in [1.82, 2.24) is 4.98 Å². The number of ether oxygens (including phenoxy) is 1. The maximum atomic E-state index is 13.1. The van der Waals surface area contributed by atoms with Crippen molar-refractivity contribution in [2.45, 2.75) is 6.92 Å². The predicted molar refractivity (Wildman–Crippen MR) is 57.8 cm³/mol. The second-order valence-corrected chi connectivity index (χ2v) is 3.48. The average molecular weight is 219 g/mol. The fourth-order valence-corrected chi connectivity index (χ4v) is 1.59. The zero-order valence-electron chi connectivity index (χ0n) is 8.95. The molecule has 0 aliphatic heterocycles. The van der Waals surface area contributed by atoms with Crippen LogP contribution in [0.2, 0.25) is 0 Å². The Labute approximate surface area is 91.9 Å². The summed E-state index contributed by atoms with van der Waals surface area (Å²) in [6, 6.07) is 5.95. The molecule has 0 aliphatic carbocycles. The van der Waals surface area contributed by atoms with Crippen molar-refractivity contribution < 1.29 is 13.9 Å². The lowest BCUT2D eigenvalue weighted by Gasteiger charge is -2.04. The fraction of sp³-hybridized carbons (Fsp3) is 0.167. The highest BCUT2D eigenvalue weighted by molar-refractivity contribution is 5.91. The molecule has 2 aromatic rings. The molecule has 0 unspecified atom stereocenters. The fourth-order valence-electron chi connectivity index (χ4n) is 1.59. The van der Waals surface area contributed by atoms with Gasteiger partial charge < -0.3 is 4.74 Å². The van der Waals surface area contributed by atoms with Crippen LogP contribution >= 0.6 is 0 Å². The summed E-state index contributed by atoms with van der Waals surface area (Å²) in [5.74, 6) is -0.803. The number of aryl methyl sites for hydroxylation is 1. The molecule has 0 amide bonds. The van der Waals surface area contributed by atoms with Gasteiger partial charge in [0.15, 0.2) is 0 Å². The normalized spacial score (nSPS) is 10.4. The van der Waals surface area contributed by atoms with Crippen molar-refractivity contribution in [2.24, 2.45) is 0 Å². The molecule has 1 aromatic heterocycles. The van der Waals surface area contributed by atoms with E-state index in [1.165, 1.54) is 25.3 Å². The number of rotatable bonds is 1. The van der Waals surface area contributed by atoms with Crippen molar-refractivity contribution >= 4 is 16.9 Å². The molecular formula is C12H10FNO2. The average Bonchev–Trinajstić information content (AvgIpc) is 2.27.